The summed E-state index contributed by atoms with van der Waals surface area (Å²) in [5.74, 6) is -0.0192. The second-order valence-electron chi connectivity index (χ2n) is 7.14. The van der Waals surface area contributed by atoms with Crippen molar-refractivity contribution in [2.75, 3.05) is 7.05 Å². The topological polar surface area (TPSA) is 70.7 Å². The predicted molar refractivity (Wildman–Crippen MR) is 97.5 cm³/mol. The lowest BCUT2D eigenvalue weighted by Gasteiger charge is -2.44. The van der Waals surface area contributed by atoms with Gasteiger partial charge < -0.3 is 5.32 Å². The van der Waals surface area contributed by atoms with E-state index in [2.05, 4.69) is 24.9 Å². The van der Waals surface area contributed by atoms with E-state index in [0.29, 0.717) is 0 Å². The molecule has 3 atom stereocenters. The lowest BCUT2D eigenvalue weighted by Crippen LogP contribution is -2.45. The molecule has 2 aliphatic rings. The molecule has 1 aromatic rings. The fourth-order valence-electron chi connectivity index (χ4n) is 4.58. The zero-order chi connectivity index (χ0) is 18.4. The summed E-state index contributed by atoms with van der Waals surface area (Å²) in [5, 5.41) is 17.3. The highest BCUT2D eigenvalue weighted by molar-refractivity contribution is 6.02. The van der Waals surface area contributed by atoms with Gasteiger partial charge >= 0.3 is 0 Å². The van der Waals surface area contributed by atoms with Crippen molar-refractivity contribution in [3.8, 4) is 6.07 Å². The summed E-state index contributed by atoms with van der Waals surface area (Å²) >= 11 is 0. The number of allylic oxidation sites excluding steroid dienone is 4. The van der Waals surface area contributed by atoms with Crippen LogP contribution in [0.5, 0.6) is 0 Å². The number of rotatable bonds is 3. The first-order valence-electron chi connectivity index (χ1n) is 8.62. The first-order valence-corrected chi connectivity index (χ1v) is 8.62. The van der Waals surface area contributed by atoms with Crippen LogP contribution in [0.4, 0.5) is 0 Å². The zero-order valence-electron chi connectivity index (χ0n) is 15.3. The summed E-state index contributed by atoms with van der Waals surface area (Å²) in [6.07, 6.45) is 7.38. The molecule has 0 aromatic carbocycles. The molecular weight excluding hydrogens is 312 g/mol. The third-order valence-corrected chi connectivity index (χ3v) is 5.77. The molecule has 0 radical (unpaired) electrons. The number of carbonyl (C=O) groups is 1. The molecule has 0 fully saturated rings. The van der Waals surface area contributed by atoms with E-state index >= 15 is 0 Å². The van der Waals surface area contributed by atoms with E-state index < -0.39 is 5.41 Å². The van der Waals surface area contributed by atoms with Crippen LogP contribution in [0.3, 0.4) is 0 Å². The van der Waals surface area contributed by atoms with Crippen LogP contribution in [0, 0.1) is 23.2 Å². The van der Waals surface area contributed by atoms with Gasteiger partial charge in [-0.05, 0) is 18.8 Å². The van der Waals surface area contributed by atoms with Gasteiger partial charge in [-0.3, -0.25) is 9.48 Å². The molecule has 130 valence electrons. The lowest BCUT2D eigenvalue weighted by atomic mass is 9.58. The Balaban J connectivity index is 2.24. The maximum absolute atomic E-state index is 12.4. The van der Waals surface area contributed by atoms with Gasteiger partial charge in [-0.25, -0.2) is 0 Å². The van der Waals surface area contributed by atoms with Gasteiger partial charge in [0.2, 0.25) is 0 Å². The maximum atomic E-state index is 12.4. The lowest BCUT2D eigenvalue weighted by molar-refractivity contribution is -0.121. The van der Waals surface area contributed by atoms with Crippen molar-refractivity contribution in [1.82, 2.24) is 15.1 Å². The molecule has 1 aromatic heterocycles. The number of aromatic nitrogens is 2. The Morgan fingerprint density at radius 3 is 2.92 bits per heavy atom. The SMILES string of the molecule is C=C/C(=C\NC)c1c2c(nn1C)[C@@]1(C)C=C(C#N)C(=O)[C@@H](C)[C@@H]1CC2. The maximum Gasteiger partial charge on any atom is 0.176 e. The van der Waals surface area contributed by atoms with E-state index in [4.69, 9.17) is 5.10 Å². The second-order valence-corrected chi connectivity index (χ2v) is 7.14. The van der Waals surface area contributed by atoms with Gasteiger partial charge in [-0.2, -0.15) is 10.4 Å². The van der Waals surface area contributed by atoms with Gasteiger partial charge in [-0.15, -0.1) is 0 Å². The van der Waals surface area contributed by atoms with Gasteiger partial charge in [0.1, 0.15) is 6.07 Å². The summed E-state index contributed by atoms with van der Waals surface area (Å²) in [6, 6.07) is 2.09. The van der Waals surface area contributed by atoms with E-state index in [0.717, 1.165) is 29.8 Å². The van der Waals surface area contributed by atoms with Crippen molar-refractivity contribution in [2.45, 2.75) is 32.1 Å². The normalized spacial score (nSPS) is 28.5. The van der Waals surface area contributed by atoms with Gasteiger partial charge in [0.15, 0.2) is 5.78 Å². The van der Waals surface area contributed by atoms with E-state index in [1.54, 1.807) is 0 Å². The molecule has 0 aliphatic heterocycles. The molecule has 2 aliphatic carbocycles. The van der Waals surface area contributed by atoms with E-state index in [-0.39, 0.29) is 23.2 Å². The van der Waals surface area contributed by atoms with Crippen LogP contribution in [0.25, 0.3) is 5.57 Å². The number of hydrogen-bond acceptors (Lipinski definition) is 4. The minimum Gasteiger partial charge on any atom is -0.393 e. The molecular formula is C20H24N4O. The number of carbonyl (C=O) groups excluding carboxylic acids is 1. The summed E-state index contributed by atoms with van der Waals surface area (Å²) in [7, 11) is 3.80. The minimum atomic E-state index is -0.395. The number of hydrogen-bond donors (Lipinski definition) is 1. The molecule has 0 saturated heterocycles. The zero-order valence-corrected chi connectivity index (χ0v) is 15.3. The summed E-state index contributed by atoms with van der Waals surface area (Å²) < 4.78 is 1.89. The quantitative estimate of drug-likeness (QED) is 0.862. The van der Waals surface area contributed by atoms with Crippen molar-refractivity contribution in [3.63, 3.8) is 0 Å². The van der Waals surface area contributed by atoms with Crippen LogP contribution in [0.1, 0.15) is 37.2 Å². The highest BCUT2D eigenvalue weighted by atomic mass is 16.1. The molecule has 5 nitrogen and oxygen atoms in total. The Bertz CT molecular complexity index is 852. The van der Waals surface area contributed by atoms with Crippen LogP contribution in [-0.4, -0.2) is 22.6 Å². The fourth-order valence-corrected chi connectivity index (χ4v) is 4.58. The summed E-state index contributed by atoms with van der Waals surface area (Å²) in [4.78, 5) is 12.4. The van der Waals surface area contributed by atoms with Gasteiger partial charge in [0, 0.05) is 42.8 Å². The standard InChI is InChI=1S/C20H24N4O/c1-6-13(11-22-4)17-15-7-8-16-12(2)18(25)14(10-21)9-20(16,3)19(15)23-24(17)5/h6,9,11-12,16,22H,1,7-8H2,2-5H3/b13-11+/t12-,16-,20-/m0/s1. The molecule has 0 amide bonds. The highest BCUT2D eigenvalue weighted by Gasteiger charge is 2.50. The molecule has 0 unspecified atom stereocenters. The summed E-state index contributed by atoms with van der Waals surface area (Å²) in [5.41, 5.74) is 4.09. The number of ketones is 1. The van der Waals surface area contributed by atoms with Gasteiger partial charge in [-0.1, -0.05) is 32.6 Å². The Morgan fingerprint density at radius 1 is 1.60 bits per heavy atom. The number of aryl methyl sites for hydroxylation is 1. The van der Waals surface area contributed by atoms with E-state index in [1.165, 1.54) is 5.56 Å². The smallest absolute Gasteiger partial charge is 0.176 e. The van der Waals surface area contributed by atoms with Crippen molar-refractivity contribution in [3.05, 3.63) is 47.5 Å². The highest BCUT2D eigenvalue weighted by Crippen LogP contribution is 2.50. The second kappa shape index (κ2) is 6.03. The van der Waals surface area contributed by atoms with E-state index in [1.807, 2.05) is 44.1 Å². The Labute approximate surface area is 148 Å². The molecule has 0 spiro atoms. The number of Topliss-reactive ketones (excluding diaryl/α,β-unsaturated/α-hetero) is 1. The van der Waals surface area contributed by atoms with Crippen LogP contribution in [0.2, 0.25) is 0 Å². The molecule has 1 heterocycles. The van der Waals surface area contributed by atoms with Crippen molar-refractivity contribution in [1.29, 1.82) is 5.26 Å². The van der Waals surface area contributed by atoms with Crippen molar-refractivity contribution >= 4 is 11.4 Å². The van der Waals surface area contributed by atoms with Crippen LogP contribution >= 0.6 is 0 Å². The number of nitrogens with zero attached hydrogens (tertiary/aromatic N) is 3. The molecule has 3 rings (SSSR count). The van der Waals surface area contributed by atoms with Gasteiger partial charge in [0.25, 0.3) is 0 Å². The first-order chi connectivity index (χ1) is 11.9. The average Bonchev–Trinajstić information content (AvgIpc) is 2.93. The number of nitrogens with one attached hydrogen (secondary N) is 1. The van der Waals surface area contributed by atoms with Crippen LogP contribution < -0.4 is 5.32 Å². The average molecular weight is 336 g/mol. The fraction of sp³-hybridized carbons (Fsp3) is 0.450. The predicted octanol–water partition coefficient (Wildman–Crippen LogP) is 2.66. The number of fused-ring (bicyclic) bond motifs is 3. The Kier molecular flexibility index (Phi) is 4.16. The Morgan fingerprint density at radius 2 is 2.32 bits per heavy atom. The first kappa shape index (κ1) is 17.2. The Hall–Kier alpha value is -2.61. The molecule has 1 N–H and O–H groups in total. The molecule has 0 bridgehead atoms. The largest absolute Gasteiger partial charge is 0.393 e. The third kappa shape index (κ3) is 2.36. The molecule has 0 saturated carbocycles. The van der Waals surface area contributed by atoms with Crippen molar-refractivity contribution < 1.29 is 4.79 Å². The number of nitriles is 1. The minimum absolute atomic E-state index is 0.0357. The summed E-state index contributed by atoms with van der Waals surface area (Å²) in [6.45, 7) is 7.98. The monoisotopic (exact) mass is 336 g/mol. The van der Waals surface area contributed by atoms with Crippen molar-refractivity contribution in [2.24, 2.45) is 18.9 Å². The van der Waals surface area contributed by atoms with Crippen LogP contribution in [-0.2, 0) is 23.7 Å². The van der Waals surface area contributed by atoms with E-state index in [9.17, 15) is 10.1 Å². The molecule has 25 heavy (non-hydrogen) atoms. The van der Waals surface area contributed by atoms with Gasteiger partial charge in [0.05, 0.1) is 17.0 Å². The molecule has 5 heteroatoms. The third-order valence-electron chi connectivity index (χ3n) is 5.77. The van der Waals surface area contributed by atoms with Crippen LogP contribution in [0.15, 0.2) is 30.5 Å².